The molecule has 0 unspecified atom stereocenters. The highest BCUT2D eigenvalue weighted by Crippen LogP contribution is 2.37. The lowest BCUT2D eigenvalue weighted by Crippen LogP contribution is -1.96. The first kappa shape index (κ1) is 15.9. The molecule has 0 aliphatic heterocycles. The molecule has 4 nitrogen and oxygen atoms in total. The van der Waals surface area contributed by atoms with E-state index >= 15 is 0 Å². The zero-order chi connectivity index (χ0) is 16.1. The molecular weight excluding hydrogens is 278 g/mol. The van der Waals surface area contributed by atoms with Crippen molar-refractivity contribution in [3.63, 3.8) is 0 Å². The third-order valence-corrected chi connectivity index (χ3v) is 3.39. The Morgan fingerprint density at radius 1 is 0.864 bits per heavy atom. The van der Waals surface area contributed by atoms with E-state index in [1.165, 1.54) is 5.56 Å². The van der Waals surface area contributed by atoms with Gasteiger partial charge in [0.1, 0.15) is 0 Å². The lowest BCUT2D eigenvalue weighted by molar-refractivity contribution is 0.324. The molecule has 0 aliphatic carbocycles. The number of methoxy groups -OCH3 is 3. The fourth-order valence-corrected chi connectivity index (χ4v) is 2.27. The fraction of sp³-hybridized carbons (Fsp3) is 0.278. The van der Waals surface area contributed by atoms with E-state index in [0.29, 0.717) is 17.2 Å². The van der Waals surface area contributed by atoms with Gasteiger partial charge in [0.05, 0.1) is 27.0 Å². The van der Waals surface area contributed by atoms with Gasteiger partial charge in [0, 0.05) is 11.8 Å². The van der Waals surface area contributed by atoms with Gasteiger partial charge in [-0.3, -0.25) is 4.99 Å². The maximum absolute atomic E-state index is 5.34. The molecule has 0 radical (unpaired) electrons. The molecule has 2 aromatic rings. The van der Waals surface area contributed by atoms with E-state index in [0.717, 1.165) is 16.8 Å². The molecule has 0 spiro atoms. The lowest BCUT2D eigenvalue weighted by atomic mass is 10.1. The highest BCUT2D eigenvalue weighted by molar-refractivity contribution is 5.84. The minimum absolute atomic E-state index is 0.577. The zero-order valence-corrected chi connectivity index (χ0v) is 13.6. The standard InChI is InChI=1S/C18H21NO3/c1-12-6-7-15(13(2)8-12)19-11-14-9-16(20-3)18(22-5)17(10-14)21-4/h6-11H,1-5H3. The third-order valence-electron chi connectivity index (χ3n) is 3.39. The lowest BCUT2D eigenvalue weighted by Gasteiger charge is -2.12. The first-order valence-corrected chi connectivity index (χ1v) is 7.00. The number of nitrogens with zero attached hydrogens (tertiary/aromatic N) is 1. The van der Waals surface area contributed by atoms with Crippen LogP contribution in [-0.2, 0) is 0 Å². The summed E-state index contributed by atoms with van der Waals surface area (Å²) < 4.78 is 16.0. The second kappa shape index (κ2) is 6.98. The van der Waals surface area contributed by atoms with Crippen LogP contribution >= 0.6 is 0 Å². The Morgan fingerprint density at radius 3 is 2.00 bits per heavy atom. The van der Waals surface area contributed by atoms with Crippen LogP contribution in [0.2, 0.25) is 0 Å². The predicted octanol–water partition coefficient (Wildman–Crippen LogP) is 4.08. The Labute approximate surface area is 131 Å². The molecule has 2 rings (SSSR count). The molecular formula is C18H21NO3. The van der Waals surface area contributed by atoms with E-state index in [1.807, 2.05) is 18.2 Å². The van der Waals surface area contributed by atoms with E-state index in [4.69, 9.17) is 14.2 Å². The maximum atomic E-state index is 5.34. The Kier molecular flexibility index (Phi) is 5.04. The minimum Gasteiger partial charge on any atom is -0.493 e. The van der Waals surface area contributed by atoms with Gasteiger partial charge in [0.25, 0.3) is 0 Å². The number of aryl methyl sites for hydroxylation is 2. The van der Waals surface area contributed by atoms with Crippen molar-refractivity contribution in [3.05, 3.63) is 47.0 Å². The maximum Gasteiger partial charge on any atom is 0.203 e. The Morgan fingerprint density at radius 2 is 1.50 bits per heavy atom. The predicted molar refractivity (Wildman–Crippen MR) is 89.3 cm³/mol. The van der Waals surface area contributed by atoms with Gasteiger partial charge in [-0.25, -0.2) is 0 Å². The van der Waals surface area contributed by atoms with Crippen molar-refractivity contribution in [1.82, 2.24) is 0 Å². The first-order chi connectivity index (χ1) is 10.6. The van der Waals surface area contributed by atoms with Crippen LogP contribution in [-0.4, -0.2) is 27.5 Å². The van der Waals surface area contributed by atoms with Gasteiger partial charge in [-0.05, 0) is 37.6 Å². The summed E-state index contributed by atoms with van der Waals surface area (Å²) in [5, 5.41) is 0. The van der Waals surface area contributed by atoms with Crippen LogP contribution < -0.4 is 14.2 Å². The number of aliphatic imine (C=N–C) groups is 1. The van der Waals surface area contributed by atoms with Gasteiger partial charge in [-0.15, -0.1) is 0 Å². The molecule has 4 heteroatoms. The number of benzene rings is 2. The monoisotopic (exact) mass is 299 g/mol. The number of ether oxygens (including phenoxy) is 3. The van der Waals surface area contributed by atoms with Crippen molar-refractivity contribution in [2.45, 2.75) is 13.8 Å². The van der Waals surface area contributed by atoms with Gasteiger partial charge >= 0.3 is 0 Å². The Bertz CT molecular complexity index is 668. The van der Waals surface area contributed by atoms with Crippen LogP contribution in [0.4, 0.5) is 5.69 Å². The average molecular weight is 299 g/mol. The molecule has 0 saturated carbocycles. The summed E-state index contributed by atoms with van der Waals surface area (Å²) in [7, 11) is 4.79. The normalized spacial score (nSPS) is 10.8. The van der Waals surface area contributed by atoms with E-state index in [2.05, 4.69) is 31.0 Å². The largest absolute Gasteiger partial charge is 0.493 e. The molecule has 0 heterocycles. The summed E-state index contributed by atoms with van der Waals surface area (Å²) in [4.78, 5) is 4.55. The van der Waals surface area contributed by atoms with Crippen molar-refractivity contribution < 1.29 is 14.2 Å². The fourth-order valence-electron chi connectivity index (χ4n) is 2.27. The number of hydrogen-bond acceptors (Lipinski definition) is 4. The highest BCUT2D eigenvalue weighted by atomic mass is 16.5. The van der Waals surface area contributed by atoms with Crippen molar-refractivity contribution in [3.8, 4) is 17.2 Å². The van der Waals surface area contributed by atoms with E-state index < -0.39 is 0 Å². The molecule has 2 aromatic carbocycles. The van der Waals surface area contributed by atoms with Crippen LogP contribution in [0.1, 0.15) is 16.7 Å². The molecule has 0 aromatic heterocycles. The average Bonchev–Trinajstić information content (AvgIpc) is 2.52. The SMILES string of the molecule is COc1cc(C=Nc2ccc(C)cc2C)cc(OC)c1OC. The summed E-state index contributed by atoms with van der Waals surface area (Å²) in [5.74, 6) is 1.81. The Balaban J connectivity index is 2.38. The topological polar surface area (TPSA) is 40.0 Å². The molecule has 0 aliphatic rings. The summed E-state index contributed by atoms with van der Waals surface area (Å²) in [6.07, 6.45) is 1.79. The van der Waals surface area contributed by atoms with E-state index in [-0.39, 0.29) is 0 Å². The molecule has 0 amide bonds. The van der Waals surface area contributed by atoms with Crippen LogP contribution in [0.25, 0.3) is 0 Å². The zero-order valence-electron chi connectivity index (χ0n) is 13.6. The van der Waals surface area contributed by atoms with Crippen LogP contribution in [0.3, 0.4) is 0 Å². The third kappa shape index (κ3) is 3.39. The molecule has 0 atom stereocenters. The summed E-state index contributed by atoms with van der Waals surface area (Å²) >= 11 is 0. The summed E-state index contributed by atoms with van der Waals surface area (Å²) in [6.45, 7) is 4.12. The van der Waals surface area contributed by atoms with Crippen molar-refractivity contribution >= 4 is 11.9 Å². The molecule has 0 bridgehead atoms. The van der Waals surface area contributed by atoms with E-state index in [9.17, 15) is 0 Å². The molecule has 116 valence electrons. The summed E-state index contributed by atoms with van der Waals surface area (Å²) in [5.41, 5.74) is 4.20. The summed E-state index contributed by atoms with van der Waals surface area (Å²) in [6, 6.07) is 9.92. The smallest absolute Gasteiger partial charge is 0.203 e. The highest BCUT2D eigenvalue weighted by Gasteiger charge is 2.12. The Hall–Kier alpha value is -2.49. The minimum atomic E-state index is 0.577. The van der Waals surface area contributed by atoms with Crippen LogP contribution in [0.5, 0.6) is 17.2 Å². The van der Waals surface area contributed by atoms with Crippen LogP contribution in [0, 0.1) is 13.8 Å². The van der Waals surface area contributed by atoms with Gasteiger partial charge in [0.2, 0.25) is 5.75 Å². The van der Waals surface area contributed by atoms with Gasteiger partial charge in [-0.2, -0.15) is 0 Å². The van der Waals surface area contributed by atoms with Gasteiger partial charge in [0.15, 0.2) is 11.5 Å². The second-order valence-electron chi connectivity index (χ2n) is 5.01. The second-order valence-corrected chi connectivity index (χ2v) is 5.01. The van der Waals surface area contributed by atoms with Crippen molar-refractivity contribution in [2.75, 3.05) is 21.3 Å². The molecule has 22 heavy (non-hydrogen) atoms. The van der Waals surface area contributed by atoms with E-state index in [1.54, 1.807) is 27.5 Å². The molecule has 0 fully saturated rings. The van der Waals surface area contributed by atoms with Crippen molar-refractivity contribution in [1.29, 1.82) is 0 Å². The number of hydrogen-bond donors (Lipinski definition) is 0. The van der Waals surface area contributed by atoms with Gasteiger partial charge < -0.3 is 14.2 Å². The first-order valence-electron chi connectivity index (χ1n) is 7.00. The molecule has 0 N–H and O–H groups in total. The van der Waals surface area contributed by atoms with Crippen molar-refractivity contribution in [2.24, 2.45) is 4.99 Å². The van der Waals surface area contributed by atoms with Crippen LogP contribution in [0.15, 0.2) is 35.3 Å². The van der Waals surface area contributed by atoms with Gasteiger partial charge in [-0.1, -0.05) is 17.7 Å². The molecule has 0 saturated heterocycles. The quantitative estimate of drug-likeness (QED) is 0.781. The number of rotatable bonds is 5.